The molecule has 1 aromatic carbocycles. The molecular formula is C12H19NO3S. The third-order valence-corrected chi connectivity index (χ3v) is 4.07. The van der Waals surface area contributed by atoms with E-state index in [1.165, 1.54) is 0 Å². The molecule has 2 N–H and O–H groups in total. The number of hydrogen-bond donors (Lipinski definition) is 2. The highest BCUT2D eigenvalue weighted by Crippen LogP contribution is 2.16. The van der Waals surface area contributed by atoms with Crippen molar-refractivity contribution in [1.82, 2.24) is 0 Å². The fraction of sp³-hybridized carbons (Fsp3) is 0.500. The van der Waals surface area contributed by atoms with Crippen molar-refractivity contribution in [1.29, 1.82) is 0 Å². The van der Waals surface area contributed by atoms with E-state index >= 15 is 0 Å². The molecule has 0 unspecified atom stereocenters. The molecule has 5 heteroatoms. The van der Waals surface area contributed by atoms with Gasteiger partial charge in [0.15, 0.2) is 9.84 Å². The Morgan fingerprint density at radius 2 is 1.76 bits per heavy atom. The normalized spacial score (nSPS) is 12.5. The lowest BCUT2D eigenvalue weighted by Gasteiger charge is -2.18. The number of benzene rings is 1. The fourth-order valence-electron chi connectivity index (χ4n) is 1.27. The predicted octanol–water partition coefficient (Wildman–Crippen LogP) is 1.66. The van der Waals surface area contributed by atoms with Crippen molar-refractivity contribution in [2.45, 2.75) is 31.3 Å². The van der Waals surface area contributed by atoms with Crippen LogP contribution in [0.3, 0.4) is 0 Å². The second kappa shape index (κ2) is 5.06. The monoisotopic (exact) mass is 257 g/mol. The van der Waals surface area contributed by atoms with E-state index in [0.717, 1.165) is 5.69 Å². The Hall–Kier alpha value is -1.07. The van der Waals surface area contributed by atoms with Crippen LogP contribution in [0.25, 0.3) is 0 Å². The van der Waals surface area contributed by atoms with Gasteiger partial charge in [0.1, 0.15) is 0 Å². The van der Waals surface area contributed by atoms with Crippen LogP contribution >= 0.6 is 0 Å². The largest absolute Gasteiger partial charge is 0.389 e. The van der Waals surface area contributed by atoms with Gasteiger partial charge >= 0.3 is 0 Å². The SMILES string of the molecule is CCS(=O)(=O)c1ccc(NCC(C)(C)O)cc1. The van der Waals surface area contributed by atoms with Gasteiger partial charge in [0.05, 0.1) is 16.2 Å². The fourth-order valence-corrected chi connectivity index (χ4v) is 2.15. The molecule has 0 aromatic heterocycles. The summed E-state index contributed by atoms with van der Waals surface area (Å²) in [5, 5.41) is 12.6. The van der Waals surface area contributed by atoms with E-state index in [1.807, 2.05) is 0 Å². The van der Waals surface area contributed by atoms with Gasteiger partial charge in [-0.05, 0) is 38.1 Å². The molecule has 0 radical (unpaired) electrons. The Kier molecular flexibility index (Phi) is 4.16. The summed E-state index contributed by atoms with van der Waals surface area (Å²) in [6.07, 6.45) is 0. The topological polar surface area (TPSA) is 66.4 Å². The minimum absolute atomic E-state index is 0.101. The number of sulfone groups is 1. The Morgan fingerprint density at radius 1 is 1.24 bits per heavy atom. The van der Waals surface area contributed by atoms with Crippen LogP contribution in [-0.4, -0.2) is 31.4 Å². The molecule has 0 saturated heterocycles. The molecule has 0 aliphatic rings. The Labute approximate surface area is 103 Å². The molecule has 17 heavy (non-hydrogen) atoms. The first-order chi connectivity index (χ1) is 7.74. The van der Waals surface area contributed by atoms with Crippen molar-refractivity contribution in [3.63, 3.8) is 0 Å². The Bertz CT molecular complexity index is 458. The van der Waals surface area contributed by atoms with E-state index in [9.17, 15) is 13.5 Å². The van der Waals surface area contributed by atoms with Crippen molar-refractivity contribution in [3.05, 3.63) is 24.3 Å². The van der Waals surface area contributed by atoms with Gasteiger partial charge in [-0.2, -0.15) is 0 Å². The molecule has 0 aliphatic carbocycles. The van der Waals surface area contributed by atoms with Crippen LogP contribution in [0, 0.1) is 0 Å². The number of aliphatic hydroxyl groups is 1. The molecule has 96 valence electrons. The van der Waals surface area contributed by atoms with Crippen LogP contribution in [-0.2, 0) is 9.84 Å². The molecule has 0 atom stereocenters. The zero-order valence-corrected chi connectivity index (χ0v) is 11.2. The first-order valence-corrected chi connectivity index (χ1v) is 7.19. The molecule has 0 spiro atoms. The average Bonchev–Trinajstić information content (AvgIpc) is 2.26. The number of rotatable bonds is 5. The summed E-state index contributed by atoms with van der Waals surface area (Å²) in [6.45, 7) is 5.44. The molecule has 4 nitrogen and oxygen atoms in total. The highest BCUT2D eigenvalue weighted by molar-refractivity contribution is 7.91. The van der Waals surface area contributed by atoms with Gasteiger partial charge in [-0.3, -0.25) is 0 Å². The first kappa shape index (κ1) is 14.0. The predicted molar refractivity (Wildman–Crippen MR) is 69.0 cm³/mol. The molecule has 0 saturated carbocycles. The zero-order valence-electron chi connectivity index (χ0n) is 10.4. The van der Waals surface area contributed by atoms with E-state index in [1.54, 1.807) is 45.0 Å². The van der Waals surface area contributed by atoms with E-state index in [-0.39, 0.29) is 5.75 Å². The second-order valence-electron chi connectivity index (χ2n) is 4.59. The molecule has 1 rings (SSSR count). The van der Waals surface area contributed by atoms with Crippen molar-refractivity contribution in [2.75, 3.05) is 17.6 Å². The van der Waals surface area contributed by atoms with E-state index in [4.69, 9.17) is 0 Å². The van der Waals surface area contributed by atoms with Crippen molar-refractivity contribution >= 4 is 15.5 Å². The summed E-state index contributed by atoms with van der Waals surface area (Å²) in [4.78, 5) is 0.328. The minimum atomic E-state index is -3.14. The summed E-state index contributed by atoms with van der Waals surface area (Å²) in [5.41, 5.74) is -0.00377. The Morgan fingerprint density at radius 3 is 2.18 bits per heavy atom. The minimum Gasteiger partial charge on any atom is -0.389 e. The lowest BCUT2D eigenvalue weighted by atomic mass is 10.1. The smallest absolute Gasteiger partial charge is 0.178 e. The zero-order chi connectivity index (χ0) is 13.1. The van der Waals surface area contributed by atoms with Gasteiger partial charge in [-0.1, -0.05) is 6.92 Å². The van der Waals surface area contributed by atoms with Gasteiger partial charge in [-0.15, -0.1) is 0 Å². The Balaban J connectivity index is 2.76. The van der Waals surface area contributed by atoms with Crippen molar-refractivity contribution in [3.8, 4) is 0 Å². The lowest BCUT2D eigenvalue weighted by Crippen LogP contribution is -2.29. The third-order valence-electron chi connectivity index (χ3n) is 2.32. The standard InChI is InChI=1S/C12H19NO3S/c1-4-17(15,16)11-7-5-10(6-8-11)13-9-12(2,3)14/h5-8,13-14H,4,9H2,1-3H3. The van der Waals surface area contributed by atoms with E-state index < -0.39 is 15.4 Å². The van der Waals surface area contributed by atoms with Crippen LogP contribution in [0.2, 0.25) is 0 Å². The highest BCUT2D eigenvalue weighted by atomic mass is 32.2. The maximum Gasteiger partial charge on any atom is 0.178 e. The number of anilines is 1. The molecule has 0 heterocycles. The maximum absolute atomic E-state index is 11.6. The van der Waals surface area contributed by atoms with Crippen LogP contribution < -0.4 is 5.32 Å². The van der Waals surface area contributed by atoms with Gasteiger partial charge in [0.2, 0.25) is 0 Å². The molecule has 1 aromatic rings. The molecule has 0 bridgehead atoms. The number of hydrogen-bond acceptors (Lipinski definition) is 4. The van der Waals surface area contributed by atoms with Crippen LogP contribution in [0.1, 0.15) is 20.8 Å². The highest BCUT2D eigenvalue weighted by Gasteiger charge is 2.13. The van der Waals surface area contributed by atoms with Crippen molar-refractivity contribution in [2.24, 2.45) is 0 Å². The molecule has 0 aliphatic heterocycles. The van der Waals surface area contributed by atoms with Crippen LogP contribution in [0.5, 0.6) is 0 Å². The quantitative estimate of drug-likeness (QED) is 0.842. The van der Waals surface area contributed by atoms with Crippen LogP contribution in [0.15, 0.2) is 29.2 Å². The van der Waals surface area contributed by atoms with Crippen LogP contribution in [0.4, 0.5) is 5.69 Å². The van der Waals surface area contributed by atoms with Gasteiger partial charge in [-0.25, -0.2) is 8.42 Å². The molecule has 0 fully saturated rings. The van der Waals surface area contributed by atoms with E-state index in [0.29, 0.717) is 11.4 Å². The second-order valence-corrected chi connectivity index (χ2v) is 6.87. The molecule has 0 amide bonds. The summed E-state index contributed by atoms with van der Waals surface area (Å²) in [5.74, 6) is 0.101. The van der Waals surface area contributed by atoms with E-state index in [2.05, 4.69) is 5.32 Å². The van der Waals surface area contributed by atoms with Crippen molar-refractivity contribution < 1.29 is 13.5 Å². The lowest BCUT2D eigenvalue weighted by molar-refractivity contribution is 0.0945. The summed E-state index contributed by atoms with van der Waals surface area (Å²) in [6, 6.07) is 6.56. The first-order valence-electron chi connectivity index (χ1n) is 5.54. The number of nitrogens with one attached hydrogen (secondary N) is 1. The summed E-state index contributed by atoms with van der Waals surface area (Å²) >= 11 is 0. The van der Waals surface area contributed by atoms with Gasteiger partial charge in [0.25, 0.3) is 0 Å². The summed E-state index contributed by atoms with van der Waals surface area (Å²) in [7, 11) is -3.14. The maximum atomic E-state index is 11.6. The van der Waals surface area contributed by atoms with Gasteiger partial charge in [0, 0.05) is 12.2 Å². The van der Waals surface area contributed by atoms with Gasteiger partial charge < -0.3 is 10.4 Å². The molecular weight excluding hydrogens is 238 g/mol. The average molecular weight is 257 g/mol. The summed E-state index contributed by atoms with van der Waals surface area (Å²) < 4.78 is 23.1. The third kappa shape index (κ3) is 4.36.